The lowest BCUT2D eigenvalue weighted by molar-refractivity contribution is 0.0456. The number of imidazole rings is 1. The molecule has 1 amide bonds. The van der Waals surface area contributed by atoms with Gasteiger partial charge < -0.3 is 14.6 Å². The summed E-state index contributed by atoms with van der Waals surface area (Å²) in [6.45, 7) is 6.86. The van der Waals surface area contributed by atoms with Crippen LogP contribution in [0, 0.1) is 5.92 Å². The van der Waals surface area contributed by atoms with Gasteiger partial charge in [0.25, 0.3) is 0 Å². The van der Waals surface area contributed by atoms with Gasteiger partial charge in [-0.15, -0.1) is 0 Å². The van der Waals surface area contributed by atoms with E-state index in [-0.39, 0.29) is 11.6 Å². The lowest BCUT2D eigenvalue weighted by Crippen LogP contribution is -2.52. The molecule has 20 heavy (non-hydrogen) atoms. The molecule has 1 saturated carbocycles. The first-order chi connectivity index (χ1) is 9.38. The zero-order valence-corrected chi connectivity index (χ0v) is 12.6. The van der Waals surface area contributed by atoms with Crippen LogP contribution in [0.2, 0.25) is 0 Å². The van der Waals surface area contributed by atoms with Gasteiger partial charge in [-0.2, -0.15) is 0 Å². The second kappa shape index (κ2) is 5.85. The fourth-order valence-corrected chi connectivity index (χ4v) is 3.35. The van der Waals surface area contributed by atoms with Crippen molar-refractivity contribution in [2.75, 3.05) is 0 Å². The molecule has 1 heterocycles. The summed E-state index contributed by atoms with van der Waals surface area (Å²) in [5.74, 6) is 0.534. The highest BCUT2D eigenvalue weighted by Gasteiger charge is 2.36. The van der Waals surface area contributed by atoms with Gasteiger partial charge in [-0.3, -0.25) is 0 Å². The van der Waals surface area contributed by atoms with Crippen molar-refractivity contribution in [1.82, 2.24) is 14.5 Å². The van der Waals surface area contributed by atoms with Crippen molar-refractivity contribution in [2.45, 2.75) is 64.6 Å². The largest absolute Gasteiger partial charge is 0.465 e. The van der Waals surface area contributed by atoms with Crippen LogP contribution in [0.1, 0.15) is 46.5 Å². The van der Waals surface area contributed by atoms with E-state index in [4.69, 9.17) is 0 Å². The number of aromatic nitrogens is 2. The third-order valence-corrected chi connectivity index (χ3v) is 4.08. The van der Waals surface area contributed by atoms with Crippen molar-refractivity contribution in [3.05, 3.63) is 18.7 Å². The highest BCUT2D eigenvalue weighted by atomic mass is 16.4. The first-order valence-electron chi connectivity index (χ1n) is 7.36. The highest BCUT2D eigenvalue weighted by molar-refractivity contribution is 5.66. The summed E-state index contributed by atoms with van der Waals surface area (Å²) in [5.41, 5.74) is -0.340. The first-order valence-corrected chi connectivity index (χ1v) is 7.36. The number of hydrogen-bond donors (Lipinski definition) is 1. The molecule has 1 aliphatic carbocycles. The number of amides is 1. The first kappa shape index (κ1) is 14.9. The van der Waals surface area contributed by atoms with Gasteiger partial charge in [0.15, 0.2) is 0 Å². The Bertz CT molecular complexity index is 436. The summed E-state index contributed by atoms with van der Waals surface area (Å²) in [4.78, 5) is 17.3. The van der Waals surface area contributed by atoms with Crippen molar-refractivity contribution in [1.29, 1.82) is 0 Å². The number of nitrogens with zero attached hydrogens (tertiary/aromatic N) is 3. The lowest BCUT2D eigenvalue weighted by Gasteiger charge is -2.43. The molecule has 0 aliphatic heterocycles. The minimum atomic E-state index is -0.800. The molecule has 0 unspecified atom stereocenters. The third-order valence-electron chi connectivity index (χ3n) is 4.08. The van der Waals surface area contributed by atoms with Crippen LogP contribution < -0.4 is 0 Å². The van der Waals surface area contributed by atoms with Crippen LogP contribution >= 0.6 is 0 Å². The number of carboxylic acid groups (broad SMARTS) is 1. The van der Waals surface area contributed by atoms with E-state index < -0.39 is 6.09 Å². The fraction of sp³-hybridized carbons (Fsp3) is 0.733. The summed E-state index contributed by atoms with van der Waals surface area (Å²) >= 11 is 0. The summed E-state index contributed by atoms with van der Waals surface area (Å²) in [6.07, 6.45) is 9.00. The topological polar surface area (TPSA) is 58.4 Å². The average molecular weight is 279 g/mol. The monoisotopic (exact) mass is 279 g/mol. The predicted octanol–water partition coefficient (Wildman–Crippen LogP) is 3.22. The Labute approximate surface area is 120 Å². The van der Waals surface area contributed by atoms with Gasteiger partial charge in [-0.25, -0.2) is 9.78 Å². The molecule has 1 aliphatic rings. The van der Waals surface area contributed by atoms with E-state index in [1.807, 2.05) is 33.3 Å². The quantitative estimate of drug-likeness (QED) is 0.924. The molecular formula is C15H25N3O2. The van der Waals surface area contributed by atoms with Gasteiger partial charge in [0.05, 0.1) is 6.33 Å². The summed E-state index contributed by atoms with van der Waals surface area (Å²) in [7, 11) is 0. The lowest BCUT2D eigenvalue weighted by atomic mass is 9.83. The number of rotatable bonds is 3. The maximum atomic E-state index is 11.6. The van der Waals surface area contributed by atoms with Gasteiger partial charge in [-0.1, -0.05) is 6.42 Å². The van der Waals surface area contributed by atoms with Gasteiger partial charge in [0, 0.05) is 30.5 Å². The van der Waals surface area contributed by atoms with Gasteiger partial charge >= 0.3 is 6.09 Å². The Morgan fingerprint density at radius 3 is 2.75 bits per heavy atom. The molecule has 0 spiro atoms. The molecule has 5 heteroatoms. The van der Waals surface area contributed by atoms with Crippen molar-refractivity contribution < 1.29 is 9.90 Å². The van der Waals surface area contributed by atoms with E-state index in [1.165, 1.54) is 6.42 Å². The molecule has 112 valence electrons. The van der Waals surface area contributed by atoms with E-state index in [2.05, 4.69) is 9.55 Å². The number of hydrogen-bond acceptors (Lipinski definition) is 2. The predicted molar refractivity (Wildman–Crippen MR) is 77.6 cm³/mol. The Hall–Kier alpha value is -1.52. The van der Waals surface area contributed by atoms with Crippen LogP contribution in [-0.4, -0.2) is 37.2 Å². The van der Waals surface area contributed by atoms with E-state index in [9.17, 15) is 9.90 Å². The smallest absolute Gasteiger partial charge is 0.407 e. The second-order valence-electron chi connectivity index (χ2n) is 6.77. The fourth-order valence-electron chi connectivity index (χ4n) is 3.35. The van der Waals surface area contributed by atoms with Gasteiger partial charge in [0.2, 0.25) is 0 Å². The molecule has 0 aromatic carbocycles. The SMILES string of the molecule is CC(C)(C)N(C(=O)O)[C@H]1CCC[C@@H](Cn2ccnc2)C1. The van der Waals surface area contributed by atoms with Crippen LogP contribution in [0.25, 0.3) is 0 Å². The molecule has 0 bridgehead atoms. The maximum absolute atomic E-state index is 11.6. The Kier molecular flexibility index (Phi) is 4.35. The van der Waals surface area contributed by atoms with Crippen molar-refractivity contribution in [3.63, 3.8) is 0 Å². The zero-order chi connectivity index (χ0) is 14.8. The Morgan fingerprint density at radius 1 is 1.45 bits per heavy atom. The third kappa shape index (κ3) is 3.52. The van der Waals surface area contributed by atoms with Crippen molar-refractivity contribution in [2.24, 2.45) is 5.92 Å². The number of carbonyl (C=O) groups is 1. The Balaban J connectivity index is 2.03. The van der Waals surface area contributed by atoms with E-state index in [1.54, 1.807) is 11.1 Å². The summed E-state index contributed by atoms with van der Waals surface area (Å²) < 4.78 is 2.09. The second-order valence-corrected chi connectivity index (χ2v) is 6.77. The standard InChI is InChI=1S/C15H25N3O2/c1-15(2,3)18(14(19)20)13-6-4-5-12(9-13)10-17-8-7-16-11-17/h7-8,11-13H,4-6,9-10H2,1-3H3,(H,19,20)/t12-,13+/m1/s1. The van der Waals surface area contributed by atoms with E-state index in [0.717, 1.165) is 25.8 Å². The molecule has 0 radical (unpaired) electrons. The molecule has 0 saturated heterocycles. The molecule has 1 aromatic heterocycles. The van der Waals surface area contributed by atoms with Crippen LogP contribution in [0.3, 0.4) is 0 Å². The molecular weight excluding hydrogens is 254 g/mol. The van der Waals surface area contributed by atoms with Crippen LogP contribution in [0.15, 0.2) is 18.7 Å². The van der Waals surface area contributed by atoms with Crippen molar-refractivity contribution in [3.8, 4) is 0 Å². The molecule has 2 rings (SSSR count). The molecule has 1 N–H and O–H groups in total. The van der Waals surface area contributed by atoms with Gasteiger partial charge in [0.1, 0.15) is 0 Å². The van der Waals surface area contributed by atoms with Crippen LogP contribution in [0.4, 0.5) is 4.79 Å². The molecule has 1 aromatic rings. The molecule has 2 atom stereocenters. The molecule has 1 fully saturated rings. The Morgan fingerprint density at radius 2 is 2.20 bits per heavy atom. The summed E-state index contributed by atoms with van der Waals surface area (Å²) in [5, 5.41) is 9.51. The minimum absolute atomic E-state index is 0.134. The van der Waals surface area contributed by atoms with Gasteiger partial charge in [-0.05, 0) is 46.0 Å². The van der Waals surface area contributed by atoms with Crippen molar-refractivity contribution >= 4 is 6.09 Å². The maximum Gasteiger partial charge on any atom is 0.407 e. The van der Waals surface area contributed by atoms with Crippen LogP contribution in [-0.2, 0) is 6.54 Å². The normalized spacial score (nSPS) is 23.6. The van der Waals surface area contributed by atoms with Crippen LogP contribution in [0.5, 0.6) is 0 Å². The molecule has 5 nitrogen and oxygen atoms in total. The highest BCUT2D eigenvalue weighted by Crippen LogP contribution is 2.32. The van der Waals surface area contributed by atoms with E-state index >= 15 is 0 Å². The average Bonchev–Trinajstić information content (AvgIpc) is 2.79. The van der Waals surface area contributed by atoms with E-state index in [0.29, 0.717) is 5.92 Å². The summed E-state index contributed by atoms with van der Waals surface area (Å²) in [6, 6.07) is 0.134. The zero-order valence-electron chi connectivity index (χ0n) is 12.6. The minimum Gasteiger partial charge on any atom is -0.465 e.